The lowest BCUT2D eigenvalue weighted by molar-refractivity contribution is -0.125. The van der Waals surface area contributed by atoms with Crippen molar-refractivity contribution in [1.82, 2.24) is 14.9 Å². The van der Waals surface area contributed by atoms with Gasteiger partial charge in [0.2, 0.25) is 11.8 Å². The fourth-order valence-corrected chi connectivity index (χ4v) is 2.47. The molecule has 0 saturated carbocycles. The normalized spacial score (nSPS) is 11.2. The summed E-state index contributed by atoms with van der Waals surface area (Å²) in [4.78, 5) is 28.0. The van der Waals surface area contributed by atoms with E-state index in [0.717, 1.165) is 0 Å². The second-order valence-corrected chi connectivity index (χ2v) is 6.75. The Labute approximate surface area is 150 Å². The van der Waals surface area contributed by atoms with Crippen LogP contribution in [0.5, 0.6) is 0 Å². The maximum atomic E-state index is 12.1. The topological polar surface area (TPSA) is 76.0 Å². The molecule has 24 heavy (non-hydrogen) atoms. The van der Waals surface area contributed by atoms with Crippen molar-refractivity contribution in [3.8, 4) is 0 Å². The average Bonchev–Trinajstić information content (AvgIpc) is 3.04. The molecule has 6 nitrogen and oxygen atoms in total. The quantitative estimate of drug-likeness (QED) is 0.822. The number of carbonyl (C=O) groups is 2. The number of amides is 2. The third-order valence-electron chi connectivity index (χ3n) is 3.45. The Balaban J connectivity index is 1.85. The van der Waals surface area contributed by atoms with E-state index in [-0.39, 0.29) is 24.8 Å². The molecule has 0 aliphatic carbocycles. The fraction of sp³-hybridized carbons (Fsp3) is 0.312. The molecule has 0 saturated heterocycles. The zero-order valence-electron chi connectivity index (χ0n) is 13.3. The maximum Gasteiger partial charge on any atom is 0.243 e. The monoisotopic (exact) mass is 368 g/mol. The molecule has 2 N–H and O–H groups in total. The van der Waals surface area contributed by atoms with E-state index in [2.05, 4.69) is 15.6 Å². The van der Waals surface area contributed by atoms with Gasteiger partial charge in [-0.25, -0.2) is 4.98 Å². The largest absolute Gasteiger partial charge is 0.347 e. The van der Waals surface area contributed by atoms with Crippen LogP contribution in [-0.2, 0) is 15.1 Å². The minimum atomic E-state index is -0.437. The Hall–Kier alpha value is -2.05. The van der Waals surface area contributed by atoms with Gasteiger partial charge in [0.25, 0.3) is 0 Å². The fourth-order valence-electron chi connectivity index (χ4n) is 2.13. The van der Waals surface area contributed by atoms with Gasteiger partial charge in [0.05, 0.1) is 23.6 Å². The van der Waals surface area contributed by atoms with Gasteiger partial charge in [0.15, 0.2) is 0 Å². The number of anilines is 1. The summed E-state index contributed by atoms with van der Waals surface area (Å²) in [7, 11) is 0. The summed E-state index contributed by atoms with van der Waals surface area (Å²) in [6.07, 6.45) is 5.32. The molecular weight excluding hydrogens is 351 g/mol. The number of nitrogens with zero attached hydrogens (tertiary/aromatic N) is 2. The number of aromatic nitrogens is 2. The summed E-state index contributed by atoms with van der Waals surface area (Å²) >= 11 is 11.8. The molecule has 0 aliphatic rings. The van der Waals surface area contributed by atoms with E-state index in [0.29, 0.717) is 15.7 Å². The molecule has 128 valence electrons. The molecule has 1 aromatic heterocycles. The van der Waals surface area contributed by atoms with Crippen molar-refractivity contribution < 1.29 is 9.59 Å². The van der Waals surface area contributed by atoms with Crippen LogP contribution in [0.25, 0.3) is 0 Å². The number of nitrogens with one attached hydrogen (secondary N) is 2. The predicted octanol–water partition coefficient (Wildman–Crippen LogP) is 3.07. The highest BCUT2D eigenvalue weighted by Crippen LogP contribution is 2.25. The van der Waals surface area contributed by atoms with Crippen LogP contribution in [0.3, 0.4) is 0 Å². The van der Waals surface area contributed by atoms with Gasteiger partial charge < -0.3 is 15.2 Å². The van der Waals surface area contributed by atoms with Crippen molar-refractivity contribution in [3.05, 3.63) is 47.0 Å². The van der Waals surface area contributed by atoms with Crippen LogP contribution in [0.2, 0.25) is 10.0 Å². The summed E-state index contributed by atoms with van der Waals surface area (Å²) in [6, 6.07) is 4.76. The third-order valence-corrected chi connectivity index (χ3v) is 4.01. The molecule has 0 aliphatic heterocycles. The van der Waals surface area contributed by atoms with Crippen LogP contribution in [0.1, 0.15) is 20.3 Å². The van der Waals surface area contributed by atoms with Crippen molar-refractivity contribution in [2.24, 2.45) is 0 Å². The summed E-state index contributed by atoms with van der Waals surface area (Å²) in [6.45, 7) is 3.68. The summed E-state index contributed by atoms with van der Waals surface area (Å²) in [5.74, 6) is -0.617. The first kappa shape index (κ1) is 18.3. The Kier molecular flexibility index (Phi) is 5.85. The number of hydrogen-bond acceptors (Lipinski definition) is 3. The molecule has 2 rings (SSSR count). The number of benzene rings is 1. The van der Waals surface area contributed by atoms with E-state index in [1.165, 1.54) is 0 Å². The molecular formula is C16H18Cl2N4O2. The van der Waals surface area contributed by atoms with E-state index in [1.807, 2.05) is 18.4 Å². The highest BCUT2D eigenvalue weighted by molar-refractivity contribution is 6.35. The molecule has 2 amide bonds. The minimum absolute atomic E-state index is 0.151. The first-order valence-electron chi connectivity index (χ1n) is 7.28. The highest BCUT2D eigenvalue weighted by Gasteiger charge is 2.23. The molecule has 1 heterocycles. The Morgan fingerprint density at radius 1 is 1.25 bits per heavy atom. The van der Waals surface area contributed by atoms with Crippen LogP contribution in [0.4, 0.5) is 5.69 Å². The second kappa shape index (κ2) is 7.68. The van der Waals surface area contributed by atoms with Crippen LogP contribution in [-0.4, -0.2) is 27.9 Å². The van der Waals surface area contributed by atoms with Crippen molar-refractivity contribution in [2.45, 2.75) is 25.8 Å². The lowest BCUT2D eigenvalue weighted by Crippen LogP contribution is -2.38. The first-order chi connectivity index (χ1) is 11.3. The first-order valence-corrected chi connectivity index (χ1v) is 8.03. The molecule has 0 atom stereocenters. The van der Waals surface area contributed by atoms with Gasteiger partial charge in [-0.1, -0.05) is 23.2 Å². The summed E-state index contributed by atoms with van der Waals surface area (Å²) < 4.78 is 1.85. The third kappa shape index (κ3) is 4.97. The Bertz CT molecular complexity index is 730. The summed E-state index contributed by atoms with van der Waals surface area (Å²) in [5, 5.41) is 6.04. The molecule has 0 radical (unpaired) electrons. The van der Waals surface area contributed by atoms with Crippen molar-refractivity contribution in [2.75, 3.05) is 11.9 Å². The van der Waals surface area contributed by atoms with Crippen LogP contribution < -0.4 is 10.6 Å². The zero-order chi connectivity index (χ0) is 17.7. The molecule has 1 aromatic carbocycles. The van der Waals surface area contributed by atoms with Gasteiger partial charge in [-0.2, -0.15) is 0 Å². The zero-order valence-corrected chi connectivity index (χ0v) is 14.9. The Morgan fingerprint density at radius 3 is 2.67 bits per heavy atom. The Morgan fingerprint density at radius 2 is 2.00 bits per heavy atom. The SMILES string of the molecule is CC(C)(CC(=O)NCC(=O)Nc1cc(Cl)ccc1Cl)n1ccnc1. The lowest BCUT2D eigenvalue weighted by atomic mass is 10.00. The standard InChI is InChI=1S/C16H18Cl2N4O2/c1-16(2,22-6-5-19-10-22)8-14(23)20-9-15(24)21-13-7-11(17)3-4-12(13)18/h3-7,10H,8-9H2,1-2H3,(H,20,23)(H,21,24). The molecule has 8 heteroatoms. The van der Waals surface area contributed by atoms with E-state index >= 15 is 0 Å². The highest BCUT2D eigenvalue weighted by atomic mass is 35.5. The van der Waals surface area contributed by atoms with Gasteiger partial charge in [0, 0.05) is 29.4 Å². The van der Waals surface area contributed by atoms with Crippen molar-refractivity contribution in [1.29, 1.82) is 0 Å². The van der Waals surface area contributed by atoms with Crippen LogP contribution >= 0.6 is 23.2 Å². The molecule has 2 aromatic rings. The minimum Gasteiger partial charge on any atom is -0.347 e. The molecule has 0 bridgehead atoms. The van der Waals surface area contributed by atoms with Crippen molar-refractivity contribution >= 4 is 40.7 Å². The maximum absolute atomic E-state index is 12.1. The summed E-state index contributed by atoms with van der Waals surface area (Å²) in [5.41, 5.74) is -0.0324. The van der Waals surface area contributed by atoms with Gasteiger partial charge in [-0.05, 0) is 32.0 Å². The van der Waals surface area contributed by atoms with E-state index in [9.17, 15) is 9.59 Å². The second-order valence-electron chi connectivity index (χ2n) is 5.91. The van der Waals surface area contributed by atoms with Gasteiger partial charge in [-0.3, -0.25) is 9.59 Å². The van der Waals surface area contributed by atoms with Crippen LogP contribution in [0, 0.1) is 0 Å². The molecule has 0 spiro atoms. The van der Waals surface area contributed by atoms with E-state index < -0.39 is 5.54 Å². The predicted molar refractivity (Wildman–Crippen MR) is 94.3 cm³/mol. The van der Waals surface area contributed by atoms with Gasteiger partial charge in [0.1, 0.15) is 0 Å². The number of halogens is 2. The van der Waals surface area contributed by atoms with E-state index in [1.54, 1.807) is 36.9 Å². The van der Waals surface area contributed by atoms with E-state index in [4.69, 9.17) is 23.2 Å². The number of imidazole rings is 1. The smallest absolute Gasteiger partial charge is 0.243 e. The lowest BCUT2D eigenvalue weighted by Gasteiger charge is -2.25. The number of rotatable bonds is 6. The average molecular weight is 369 g/mol. The van der Waals surface area contributed by atoms with Crippen molar-refractivity contribution in [3.63, 3.8) is 0 Å². The number of hydrogen-bond donors (Lipinski definition) is 2. The van der Waals surface area contributed by atoms with Gasteiger partial charge >= 0.3 is 0 Å². The number of carbonyl (C=O) groups excluding carboxylic acids is 2. The van der Waals surface area contributed by atoms with Gasteiger partial charge in [-0.15, -0.1) is 0 Å². The molecule has 0 unspecified atom stereocenters. The molecule has 0 fully saturated rings. The van der Waals surface area contributed by atoms with Crippen LogP contribution in [0.15, 0.2) is 36.9 Å².